The summed E-state index contributed by atoms with van der Waals surface area (Å²) >= 11 is 0. The minimum absolute atomic E-state index is 0.0650. The van der Waals surface area contributed by atoms with E-state index in [4.69, 9.17) is 4.74 Å². The highest BCUT2D eigenvalue weighted by molar-refractivity contribution is 6.08. The lowest BCUT2D eigenvalue weighted by molar-refractivity contribution is 0.104. The van der Waals surface area contributed by atoms with Crippen molar-refractivity contribution < 1.29 is 14.6 Å². The standard InChI is InChI=1S/C20H22O3/c1-14(2)13-23-17-9-10-18(20(22)12-17)19(21)11-8-16-6-4-15(3)5-7-16/h4-12,14,22H,13H2,1-3H3/b11-8+. The van der Waals surface area contributed by atoms with Crippen molar-refractivity contribution in [2.45, 2.75) is 20.8 Å². The molecule has 0 spiro atoms. The second kappa shape index (κ2) is 7.63. The number of rotatable bonds is 6. The number of carbonyl (C=O) groups excluding carboxylic acids is 1. The van der Waals surface area contributed by atoms with Crippen LogP contribution < -0.4 is 4.74 Å². The summed E-state index contributed by atoms with van der Waals surface area (Å²) in [6.45, 7) is 6.68. The Morgan fingerprint density at radius 3 is 2.48 bits per heavy atom. The lowest BCUT2D eigenvalue weighted by atomic mass is 10.1. The van der Waals surface area contributed by atoms with Crippen molar-refractivity contribution in [2.24, 2.45) is 5.92 Å². The maximum atomic E-state index is 12.2. The minimum atomic E-state index is -0.238. The number of phenols is 1. The summed E-state index contributed by atoms with van der Waals surface area (Å²) < 4.78 is 5.53. The van der Waals surface area contributed by atoms with Gasteiger partial charge < -0.3 is 9.84 Å². The van der Waals surface area contributed by atoms with Gasteiger partial charge >= 0.3 is 0 Å². The van der Waals surface area contributed by atoms with Gasteiger partial charge in [-0.2, -0.15) is 0 Å². The van der Waals surface area contributed by atoms with Crippen LogP contribution in [0.5, 0.6) is 11.5 Å². The first kappa shape index (κ1) is 16.8. The molecule has 1 N–H and O–H groups in total. The fourth-order valence-corrected chi connectivity index (χ4v) is 2.01. The Hall–Kier alpha value is -2.55. The first-order chi connectivity index (χ1) is 11.0. The van der Waals surface area contributed by atoms with Crippen LogP contribution in [0.15, 0.2) is 48.5 Å². The van der Waals surface area contributed by atoms with Crippen LogP contribution in [-0.2, 0) is 0 Å². The van der Waals surface area contributed by atoms with E-state index >= 15 is 0 Å². The molecule has 0 aliphatic rings. The maximum Gasteiger partial charge on any atom is 0.189 e. The topological polar surface area (TPSA) is 46.5 Å². The van der Waals surface area contributed by atoms with Crippen molar-refractivity contribution in [3.8, 4) is 11.5 Å². The molecule has 120 valence electrons. The summed E-state index contributed by atoms with van der Waals surface area (Å²) in [6, 6.07) is 12.6. The molecule has 0 aliphatic carbocycles. The molecule has 0 aliphatic heterocycles. The van der Waals surface area contributed by atoms with Crippen LogP contribution in [0.2, 0.25) is 0 Å². The van der Waals surface area contributed by atoms with Gasteiger partial charge in [0.25, 0.3) is 0 Å². The Morgan fingerprint density at radius 1 is 1.17 bits per heavy atom. The predicted octanol–water partition coefficient (Wildman–Crippen LogP) is 4.63. The van der Waals surface area contributed by atoms with Gasteiger partial charge in [0.05, 0.1) is 12.2 Å². The van der Waals surface area contributed by atoms with E-state index in [1.54, 1.807) is 18.2 Å². The Balaban J connectivity index is 2.08. The van der Waals surface area contributed by atoms with Crippen LogP contribution in [-0.4, -0.2) is 17.5 Å². The number of ether oxygens (including phenoxy) is 1. The third-order valence-corrected chi connectivity index (χ3v) is 3.32. The molecule has 0 unspecified atom stereocenters. The summed E-state index contributed by atoms with van der Waals surface area (Å²) in [5.74, 6) is 0.662. The van der Waals surface area contributed by atoms with E-state index in [1.807, 2.05) is 45.0 Å². The summed E-state index contributed by atoms with van der Waals surface area (Å²) in [5.41, 5.74) is 2.38. The quantitative estimate of drug-likeness (QED) is 0.625. The number of benzene rings is 2. The van der Waals surface area contributed by atoms with Crippen molar-refractivity contribution >= 4 is 11.9 Å². The van der Waals surface area contributed by atoms with Gasteiger partial charge in [-0.3, -0.25) is 4.79 Å². The molecule has 2 rings (SSSR count). The normalized spacial score (nSPS) is 11.1. The van der Waals surface area contributed by atoms with Crippen LogP contribution in [0, 0.1) is 12.8 Å². The van der Waals surface area contributed by atoms with Crippen LogP contribution in [0.1, 0.15) is 35.3 Å². The Morgan fingerprint density at radius 2 is 1.87 bits per heavy atom. The number of ketones is 1. The predicted molar refractivity (Wildman–Crippen MR) is 93.0 cm³/mol. The number of phenolic OH excluding ortho intramolecular Hbond substituents is 1. The van der Waals surface area contributed by atoms with Gasteiger partial charge in [0.15, 0.2) is 5.78 Å². The van der Waals surface area contributed by atoms with Crippen molar-refractivity contribution in [3.63, 3.8) is 0 Å². The molecule has 0 amide bonds. The molecule has 0 saturated heterocycles. The van der Waals surface area contributed by atoms with Crippen molar-refractivity contribution in [2.75, 3.05) is 6.61 Å². The van der Waals surface area contributed by atoms with E-state index in [2.05, 4.69) is 0 Å². The van der Waals surface area contributed by atoms with Gasteiger partial charge in [0.2, 0.25) is 0 Å². The van der Waals surface area contributed by atoms with Gasteiger partial charge in [-0.25, -0.2) is 0 Å². The van der Waals surface area contributed by atoms with Crippen molar-refractivity contribution in [1.29, 1.82) is 0 Å². The number of hydrogen-bond acceptors (Lipinski definition) is 3. The lowest BCUT2D eigenvalue weighted by Gasteiger charge is -2.09. The van der Waals surface area contributed by atoms with Gasteiger partial charge in [0, 0.05) is 6.07 Å². The average molecular weight is 310 g/mol. The average Bonchev–Trinajstić information content (AvgIpc) is 2.52. The summed E-state index contributed by atoms with van der Waals surface area (Å²) in [7, 11) is 0. The van der Waals surface area contributed by atoms with Crippen LogP contribution in [0.3, 0.4) is 0 Å². The van der Waals surface area contributed by atoms with E-state index in [0.717, 1.165) is 5.56 Å². The molecule has 2 aromatic rings. The maximum absolute atomic E-state index is 12.2. The number of carbonyl (C=O) groups is 1. The molecular weight excluding hydrogens is 288 g/mol. The van der Waals surface area contributed by atoms with Gasteiger partial charge in [-0.15, -0.1) is 0 Å². The molecule has 0 aromatic heterocycles. The highest BCUT2D eigenvalue weighted by Crippen LogP contribution is 2.25. The van der Waals surface area contributed by atoms with Crippen molar-refractivity contribution in [3.05, 3.63) is 65.2 Å². The number of hydrogen-bond donors (Lipinski definition) is 1. The third kappa shape index (κ3) is 4.99. The zero-order chi connectivity index (χ0) is 16.8. The van der Waals surface area contributed by atoms with E-state index in [-0.39, 0.29) is 17.1 Å². The minimum Gasteiger partial charge on any atom is -0.507 e. The molecule has 3 nitrogen and oxygen atoms in total. The summed E-state index contributed by atoms with van der Waals surface area (Å²) in [4.78, 5) is 12.2. The monoisotopic (exact) mass is 310 g/mol. The van der Waals surface area contributed by atoms with E-state index in [1.165, 1.54) is 17.7 Å². The molecule has 0 saturated carbocycles. The van der Waals surface area contributed by atoms with E-state index < -0.39 is 0 Å². The van der Waals surface area contributed by atoms with Crippen LogP contribution in [0.25, 0.3) is 6.08 Å². The second-order valence-corrected chi connectivity index (χ2v) is 5.99. The molecule has 0 heterocycles. The van der Waals surface area contributed by atoms with Crippen LogP contribution in [0.4, 0.5) is 0 Å². The second-order valence-electron chi connectivity index (χ2n) is 5.99. The molecule has 0 bridgehead atoms. The largest absolute Gasteiger partial charge is 0.507 e. The molecule has 23 heavy (non-hydrogen) atoms. The van der Waals surface area contributed by atoms with Gasteiger partial charge in [-0.1, -0.05) is 49.8 Å². The fourth-order valence-electron chi connectivity index (χ4n) is 2.01. The molecule has 0 fully saturated rings. The zero-order valence-corrected chi connectivity index (χ0v) is 13.7. The Bertz CT molecular complexity index is 697. The molecule has 0 atom stereocenters. The highest BCUT2D eigenvalue weighted by atomic mass is 16.5. The molecule has 3 heteroatoms. The highest BCUT2D eigenvalue weighted by Gasteiger charge is 2.10. The smallest absolute Gasteiger partial charge is 0.189 e. The number of aryl methyl sites for hydroxylation is 1. The van der Waals surface area contributed by atoms with Crippen LogP contribution >= 0.6 is 0 Å². The first-order valence-electron chi connectivity index (χ1n) is 7.70. The number of allylic oxidation sites excluding steroid dienone is 1. The molecule has 0 radical (unpaired) electrons. The Kier molecular flexibility index (Phi) is 5.58. The van der Waals surface area contributed by atoms with Gasteiger partial charge in [-0.05, 0) is 36.6 Å². The lowest BCUT2D eigenvalue weighted by Crippen LogP contribution is -2.04. The Labute approximate surface area is 137 Å². The fraction of sp³-hybridized carbons (Fsp3) is 0.250. The van der Waals surface area contributed by atoms with Crippen molar-refractivity contribution in [1.82, 2.24) is 0 Å². The first-order valence-corrected chi connectivity index (χ1v) is 7.70. The van der Waals surface area contributed by atoms with E-state index in [9.17, 15) is 9.90 Å². The van der Waals surface area contributed by atoms with Gasteiger partial charge in [0.1, 0.15) is 11.5 Å². The zero-order valence-electron chi connectivity index (χ0n) is 13.7. The third-order valence-electron chi connectivity index (χ3n) is 3.32. The molecular formula is C20H22O3. The summed E-state index contributed by atoms with van der Waals surface area (Å²) in [5, 5.41) is 10.0. The number of aromatic hydroxyl groups is 1. The van der Waals surface area contributed by atoms with E-state index in [0.29, 0.717) is 18.3 Å². The summed E-state index contributed by atoms with van der Waals surface area (Å²) in [6.07, 6.45) is 3.21. The molecule has 2 aromatic carbocycles. The SMILES string of the molecule is Cc1ccc(/C=C/C(=O)c2ccc(OCC(C)C)cc2O)cc1.